The van der Waals surface area contributed by atoms with Crippen LogP contribution in [0.25, 0.3) is 0 Å². The van der Waals surface area contributed by atoms with Crippen LogP contribution in [-0.2, 0) is 4.79 Å². The summed E-state index contributed by atoms with van der Waals surface area (Å²) in [5.74, 6) is 1.95. The van der Waals surface area contributed by atoms with Crippen molar-refractivity contribution < 1.29 is 4.79 Å². The van der Waals surface area contributed by atoms with Crippen molar-refractivity contribution in [1.29, 1.82) is 0 Å². The lowest BCUT2D eigenvalue weighted by Crippen LogP contribution is -2.48. The maximum absolute atomic E-state index is 12.2. The normalized spacial score (nSPS) is 16.1. The highest BCUT2D eigenvalue weighted by Gasteiger charge is 2.30. The Kier molecular flexibility index (Phi) is 4.76. The number of hydrogen-bond acceptors (Lipinski definition) is 6. The van der Waals surface area contributed by atoms with Gasteiger partial charge >= 0.3 is 0 Å². The highest BCUT2D eigenvalue weighted by molar-refractivity contribution is 6.30. The van der Waals surface area contributed by atoms with Crippen LogP contribution in [0.2, 0.25) is 5.02 Å². The van der Waals surface area contributed by atoms with E-state index in [1.165, 1.54) is 0 Å². The van der Waals surface area contributed by atoms with Gasteiger partial charge < -0.3 is 16.0 Å². The van der Waals surface area contributed by atoms with E-state index in [-0.39, 0.29) is 11.8 Å². The maximum atomic E-state index is 12.2. The monoisotopic (exact) mass is 360 g/mol. The first-order valence-electron chi connectivity index (χ1n) is 8.19. The molecule has 132 valence electrons. The van der Waals surface area contributed by atoms with Gasteiger partial charge in [0.05, 0.1) is 10.9 Å². The van der Waals surface area contributed by atoms with Crippen molar-refractivity contribution in [3.63, 3.8) is 0 Å². The van der Waals surface area contributed by atoms with E-state index in [4.69, 9.17) is 11.6 Å². The van der Waals surface area contributed by atoms with Crippen molar-refractivity contribution in [2.45, 2.75) is 32.2 Å². The standard InChI is InChI=1S/C17H21ClN6O/c1-4-19-16(25)17(2,3)24-13-5-6-20-15(23-13)12-9-22-14-11(12)7-10(18)8-21-14/h5-8,12H,4,9H2,1-3H3,(H,19,25)(H,21,22)(H,20,23,24). The van der Waals surface area contributed by atoms with Gasteiger partial charge in [-0.25, -0.2) is 15.0 Å². The zero-order valence-corrected chi connectivity index (χ0v) is 15.2. The number of pyridine rings is 1. The van der Waals surface area contributed by atoms with Gasteiger partial charge in [-0.05, 0) is 32.9 Å². The van der Waals surface area contributed by atoms with Crippen molar-refractivity contribution in [1.82, 2.24) is 20.3 Å². The molecule has 1 amide bonds. The molecule has 1 aliphatic rings. The molecule has 25 heavy (non-hydrogen) atoms. The molecule has 1 aliphatic heterocycles. The molecule has 0 spiro atoms. The molecule has 2 aromatic heterocycles. The lowest BCUT2D eigenvalue weighted by molar-refractivity contribution is -0.124. The van der Waals surface area contributed by atoms with Gasteiger partial charge in [0.1, 0.15) is 23.0 Å². The van der Waals surface area contributed by atoms with Crippen LogP contribution in [0, 0.1) is 0 Å². The van der Waals surface area contributed by atoms with Crippen LogP contribution in [0.4, 0.5) is 11.6 Å². The first-order chi connectivity index (χ1) is 11.9. The first kappa shape index (κ1) is 17.4. The number of hydrogen-bond donors (Lipinski definition) is 3. The van der Waals surface area contributed by atoms with Crippen LogP contribution in [0.15, 0.2) is 24.5 Å². The smallest absolute Gasteiger partial charge is 0.245 e. The second-order valence-corrected chi connectivity index (χ2v) is 6.87. The number of carbonyl (C=O) groups is 1. The molecule has 0 saturated heterocycles. The van der Waals surface area contributed by atoms with Gasteiger partial charge in [-0.1, -0.05) is 11.6 Å². The second-order valence-electron chi connectivity index (χ2n) is 6.43. The van der Waals surface area contributed by atoms with Crippen LogP contribution < -0.4 is 16.0 Å². The number of halogens is 1. The van der Waals surface area contributed by atoms with E-state index < -0.39 is 5.54 Å². The van der Waals surface area contributed by atoms with E-state index in [0.29, 0.717) is 29.8 Å². The predicted octanol–water partition coefficient (Wildman–Crippen LogP) is 2.41. The van der Waals surface area contributed by atoms with Crippen molar-refractivity contribution in [3.05, 3.63) is 40.9 Å². The first-order valence-corrected chi connectivity index (χ1v) is 8.57. The summed E-state index contributed by atoms with van der Waals surface area (Å²) < 4.78 is 0. The molecule has 0 aromatic carbocycles. The zero-order chi connectivity index (χ0) is 18.0. The molecule has 3 N–H and O–H groups in total. The summed E-state index contributed by atoms with van der Waals surface area (Å²) in [4.78, 5) is 25.5. The van der Waals surface area contributed by atoms with Gasteiger partial charge in [-0.15, -0.1) is 0 Å². The summed E-state index contributed by atoms with van der Waals surface area (Å²) in [5.41, 5.74) is 0.200. The van der Waals surface area contributed by atoms with Gasteiger partial charge in [0, 0.05) is 31.0 Å². The van der Waals surface area contributed by atoms with Gasteiger partial charge in [0.2, 0.25) is 5.91 Å². The van der Waals surface area contributed by atoms with Gasteiger partial charge in [0.25, 0.3) is 0 Å². The molecular weight excluding hydrogens is 340 g/mol. The summed E-state index contributed by atoms with van der Waals surface area (Å²) in [5, 5.41) is 9.82. The minimum atomic E-state index is -0.779. The topological polar surface area (TPSA) is 91.8 Å². The van der Waals surface area contributed by atoms with Gasteiger partial charge in [-0.3, -0.25) is 4.79 Å². The van der Waals surface area contributed by atoms with E-state index in [2.05, 4.69) is 30.9 Å². The molecule has 3 rings (SSSR count). The Morgan fingerprint density at radius 3 is 3.00 bits per heavy atom. The number of aromatic nitrogens is 3. The largest absolute Gasteiger partial charge is 0.369 e. The van der Waals surface area contributed by atoms with E-state index in [1.807, 2.05) is 26.8 Å². The lowest BCUT2D eigenvalue weighted by atomic mass is 10.0. The molecule has 1 unspecified atom stereocenters. The quantitative estimate of drug-likeness (QED) is 0.758. The summed E-state index contributed by atoms with van der Waals surface area (Å²) in [6.45, 7) is 6.76. The van der Waals surface area contributed by atoms with Crippen molar-refractivity contribution in [2.75, 3.05) is 23.7 Å². The number of nitrogens with zero attached hydrogens (tertiary/aromatic N) is 3. The summed E-state index contributed by atoms with van der Waals surface area (Å²) in [6.07, 6.45) is 3.30. The maximum Gasteiger partial charge on any atom is 0.245 e. The summed E-state index contributed by atoms with van der Waals surface area (Å²) in [6, 6.07) is 3.64. The van der Waals surface area contributed by atoms with Crippen molar-refractivity contribution in [2.24, 2.45) is 0 Å². The molecule has 8 heteroatoms. The Balaban J connectivity index is 1.84. The number of carbonyl (C=O) groups excluding carboxylic acids is 1. The molecule has 1 atom stereocenters. The Morgan fingerprint density at radius 1 is 1.44 bits per heavy atom. The molecule has 0 aliphatic carbocycles. The molecule has 3 heterocycles. The molecule has 0 radical (unpaired) electrons. The van der Waals surface area contributed by atoms with Crippen LogP contribution in [-0.4, -0.2) is 39.5 Å². The second kappa shape index (κ2) is 6.84. The van der Waals surface area contributed by atoms with Crippen molar-refractivity contribution >= 4 is 29.1 Å². The number of nitrogens with one attached hydrogen (secondary N) is 3. The summed E-state index contributed by atoms with van der Waals surface area (Å²) >= 11 is 6.07. The molecule has 7 nitrogen and oxygen atoms in total. The number of anilines is 2. The highest BCUT2D eigenvalue weighted by atomic mass is 35.5. The zero-order valence-electron chi connectivity index (χ0n) is 14.4. The average Bonchev–Trinajstić information content (AvgIpc) is 2.98. The fourth-order valence-corrected chi connectivity index (χ4v) is 2.94. The average molecular weight is 361 g/mol. The minimum Gasteiger partial charge on any atom is -0.369 e. The van der Waals surface area contributed by atoms with Crippen LogP contribution in [0.5, 0.6) is 0 Å². The number of amides is 1. The highest BCUT2D eigenvalue weighted by Crippen LogP contribution is 2.34. The summed E-state index contributed by atoms with van der Waals surface area (Å²) in [7, 11) is 0. The van der Waals surface area contributed by atoms with E-state index >= 15 is 0 Å². The third-order valence-corrected chi connectivity index (χ3v) is 4.27. The van der Waals surface area contributed by atoms with Gasteiger partial charge in [0.15, 0.2) is 0 Å². The molecule has 0 bridgehead atoms. The Hall–Kier alpha value is -2.41. The molecule has 2 aromatic rings. The van der Waals surface area contributed by atoms with Crippen LogP contribution >= 0.6 is 11.6 Å². The third-order valence-electron chi connectivity index (χ3n) is 4.06. The fourth-order valence-electron chi connectivity index (χ4n) is 2.78. The predicted molar refractivity (Wildman–Crippen MR) is 98.0 cm³/mol. The van der Waals surface area contributed by atoms with Crippen LogP contribution in [0.1, 0.15) is 38.1 Å². The molecular formula is C17H21ClN6O. The van der Waals surface area contributed by atoms with Crippen molar-refractivity contribution in [3.8, 4) is 0 Å². The third kappa shape index (κ3) is 3.66. The number of fused-ring (bicyclic) bond motifs is 1. The van der Waals surface area contributed by atoms with E-state index in [0.717, 1.165) is 11.4 Å². The van der Waals surface area contributed by atoms with E-state index in [9.17, 15) is 4.79 Å². The Labute approximate surface area is 151 Å². The lowest BCUT2D eigenvalue weighted by Gasteiger charge is -2.25. The van der Waals surface area contributed by atoms with Crippen LogP contribution in [0.3, 0.4) is 0 Å². The number of likely N-dealkylation sites (N-methyl/N-ethyl adjacent to an activating group) is 1. The number of rotatable bonds is 5. The molecule has 0 saturated carbocycles. The Bertz CT molecular complexity index is 794. The minimum absolute atomic E-state index is 0.0319. The fraction of sp³-hybridized carbons (Fsp3) is 0.412. The van der Waals surface area contributed by atoms with E-state index in [1.54, 1.807) is 18.5 Å². The Morgan fingerprint density at radius 2 is 2.24 bits per heavy atom. The van der Waals surface area contributed by atoms with Gasteiger partial charge in [-0.2, -0.15) is 0 Å². The molecule has 0 fully saturated rings. The SMILES string of the molecule is CCNC(=O)C(C)(C)Nc1ccnc(C2CNc3ncc(Cl)cc32)n1.